The van der Waals surface area contributed by atoms with Gasteiger partial charge in [-0.3, -0.25) is 4.90 Å². The average molecular weight is 327 g/mol. The number of fused-ring (bicyclic) bond motifs is 1. The summed E-state index contributed by atoms with van der Waals surface area (Å²) in [6.45, 7) is 0. The fourth-order valence-electron chi connectivity index (χ4n) is 2.17. The van der Waals surface area contributed by atoms with E-state index in [0.717, 1.165) is 10.9 Å². The predicted octanol–water partition coefficient (Wildman–Crippen LogP) is -0.0404. The summed E-state index contributed by atoms with van der Waals surface area (Å²) in [7, 11) is 1.16. The van der Waals surface area contributed by atoms with Crippen LogP contribution in [0.1, 0.15) is 11.1 Å². The molecule has 0 aliphatic heterocycles. The van der Waals surface area contributed by atoms with E-state index in [1.165, 1.54) is 11.9 Å². The van der Waals surface area contributed by atoms with Crippen molar-refractivity contribution in [1.82, 2.24) is 14.6 Å². The first-order chi connectivity index (χ1) is 10.1. The number of aromatic nitrogens is 1. The van der Waals surface area contributed by atoms with Crippen LogP contribution in [0.15, 0.2) is 24.4 Å². The summed E-state index contributed by atoms with van der Waals surface area (Å²) in [6.07, 6.45) is 1.70. The highest BCUT2D eigenvalue weighted by Gasteiger charge is 2.27. The molecular weight excluding hydrogens is 306 g/mol. The maximum absolute atomic E-state index is 11.6. The van der Waals surface area contributed by atoms with Crippen molar-refractivity contribution in [2.75, 3.05) is 21.1 Å². The molecule has 0 fully saturated rings. The second-order valence-corrected chi connectivity index (χ2v) is 7.43. The molecule has 0 aliphatic carbocycles. The van der Waals surface area contributed by atoms with E-state index in [-0.39, 0.29) is 12.2 Å². The molecule has 7 nitrogen and oxygen atoms in total. The van der Waals surface area contributed by atoms with Gasteiger partial charge in [0, 0.05) is 23.5 Å². The topological polar surface area (TPSA) is 106 Å². The first kappa shape index (κ1) is 16.9. The number of benzene rings is 1. The number of nitrogens with zero attached hydrogens (tertiary/aromatic N) is 1. The Balaban J connectivity index is 2.38. The molecule has 0 bridgehead atoms. The molecule has 0 amide bonds. The number of hydrogen-bond donors (Lipinski definition) is 4. The zero-order valence-corrected chi connectivity index (χ0v) is 13.6. The van der Waals surface area contributed by atoms with Crippen LogP contribution in [0.3, 0.4) is 0 Å². The van der Waals surface area contributed by atoms with Crippen LogP contribution in [0.25, 0.3) is 10.9 Å². The van der Waals surface area contributed by atoms with Gasteiger partial charge in [-0.05, 0) is 44.4 Å². The van der Waals surface area contributed by atoms with Crippen LogP contribution in [0.5, 0.6) is 0 Å². The lowest BCUT2D eigenvalue weighted by Crippen LogP contribution is -2.45. The fourth-order valence-corrected chi connectivity index (χ4v) is 2.93. The largest absolute Gasteiger partial charge is 0.361 e. The Morgan fingerprint density at radius 2 is 2.00 bits per heavy atom. The highest BCUT2D eigenvalue weighted by Crippen LogP contribution is 2.24. The summed E-state index contributed by atoms with van der Waals surface area (Å²) in [5.74, 6) is -2.09. The predicted molar refractivity (Wildman–Crippen MR) is 84.5 cm³/mol. The number of rotatable bonds is 6. The molecule has 8 heteroatoms. The minimum Gasteiger partial charge on any atom is -0.361 e. The molecule has 2 rings (SSSR count). The van der Waals surface area contributed by atoms with Gasteiger partial charge in [0.15, 0.2) is 0 Å². The van der Waals surface area contributed by atoms with Gasteiger partial charge in [-0.15, -0.1) is 0 Å². The van der Waals surface area contributed by atoms with Gasteiger partial charge < -0.3 is 15.2 Å². The van der Waals surface area contributed by atoms with Gasteiger partial charge in [-0.25, -0.2) is 13.1 Å². The Hall–Kier alpha value is -1.45. The fraction of sp³-hybridized carbons (Fsp3) is 0.429. The van der Waals surface area contributed by atoms with Crippen molar-refractivity contribution in [2.24, 2.45) is 0 Å². The van der Waals surface area contributed by atoms with Crippen LogP contribution in [0, 0.1) is 0 Å². The van der Waals surface area contributed by atoms with E-state index in [0.29, 0.717) is 11.1 Å². The minimum atomic E-state index is -3.35. The highest BCUT2D eigenvalue weighted by atomic mass is 32.2. The number of sulfonamides is 1. The molecular formula is C14H21N3O4S. The van der Waals surface area contributed by atoms with Crippen LogP contribution < -0.4 is 4.72 Å². The van der Waals surface area contributed by atoms with Crippen molar-refractivity contribution >= 4 is 20.9 Å². The molecule has 1 aromatic heterocycles. The molecule has 0 unspecified atom stereocenters. The summed E-state index contributed by atoms with van der Waals surface area (Å²) >= 11 is 0. The van der Waals surface area contributed by atoms with Crippen LogP contribution in [-0.4, -0.2) is 55.6 Å². The highest BCUT2D eigenvalue weighted by molar-refractivity contribution is 7.88. The lowest BCUT2D eigenvalue weighted by molar-refractivity contribution is -0.247. The molecule has 122 valence electrons. The van der Waals surface area contributed by atoms with Crippen LogP contribution in [0.2, 0.25) is 0 Å². The SMILES string of the molecule is CNS(=O)(=O)Cc1ccc2[nH]cc(CC(O)(O)N(C)C)c2c1. The number of likely N-dealkylation sites (N-methyl/N-ethyl adjacent to an activating group) is 1. The Bertz CT molecular complexity index is 765. The second-order valence-electron chi connectivity index (χ2n) is 5.50. The smallest absolute Gasteiger partial charge is 0.228 e. The van der Waals surface area contributed by atoms with E-state index in [9.17, 15) is 18.6 Å². The lowest BCUT2D eigenvalue weighted by Gasteiger charge is -2.28. The van der Waals surface area contributed by atoms with E-state index in [2.05, 4.69) is 9.71 Å². The Kier molecular flexibility index (Phi) is 4.59. The lowest BCUT2D eigenvalue weighted by atomic mass is 10.1. The standard InChI is InChI=1S/C14H21N3O4S/c1-15-22(20,21)9-10-4-5-13-12(6-10)11(8-16-13)7-14(18,19)17(2)3/h4-6,8,15-16,18-19H,7,9H2,1-3H3. The van der Waals surface area contributed by atoms with Crippen molar-refractivity contribution in [3.05, 3.63) is 35.5 Å². The maximum atomic E-state index is 11.6. The van der Waals surface area contributed by atoms with Crippen molar-refractivity contribution in [2.45, 2.75) is 18.1 Å². The zero-order chi connectivity index (χ0) is 16.5. The number of nitrogens with one attached hydrogen (secondary N) is 2. The molecule has 1 aromatic carbocycles. The van der Waals surface area contributed by atoms with Gasteiger partial charge >= 0.3 is 0 Å². The summed E-state index contributed by atoms with van der Waals surface area (Å²) in [4.78, 5) is 4.35. The van der Waals surface area contributed by atoms with E-state index in [1.54, 1.807) is 38.5 Å². The van der Waals surface area contributed by atoms with Crippen LogP contribution in [0.4, 0.5) is 0 Å². The first-order valence-electron chi connectivity index (χ1n) is 6.77. The van der Waals surface area contributed by atoms with Crippen LogP contribution >= 0.6 is 0 Å². The summed E-state index contributed by atoms with van der Waals surface area (Å²) < 4.78 is 25.6. The monoisotopic (exact) mass is 327 g/mol. The Morgan fingerprint density at radius 3 is 2.59 bits per heavy atom. The maximum Gasteiger partial charge on any atom is 0.228 e. The third-order valence-electron chi connectivity index (χ3n) is 3.64. The molecule has 0 atom stereocenters. The molecule has 0 saturated heterocycles. The Morgan fingerprint density at radius 1 is 1.32 bits per heavy atom. The van der Waals surface area contributed by atoms with Gasteiger partial charge in [-0.1, -0.05) is 6.07 Å². The number of H-pyrrole nitrogens is 1. The normalized spacial score (nSPS) is 13.2. The van der Waals surface area contributed by atoms with Gasteiger partial charge in [0.05, 0.1) is 5.75 Å². The molecule has 4 N–H and O–H groups in total. The third-order valence-corrected chi connectivity index (χ3v) is 4.98. The van der Waals surface area contributed by atoms with Crippen LogP contribution in [-0.2, 0) is 22.2 Å². The number of aliphatic hydroxyl groups is 2. The molecule has 0 spiro atoms. The molecule has 0 saturated carbocycles. The molecule has 22 heavy (non-hydrogen) atoms. The average Bonchev–Trinajstić information content (AvgIpc) is 2.80. The van der Waals surface area contributed by atoms with Crippen molar-refractivity contribution in [3.8, 4) is 0 Å². The van der Waals surface area contributed by atoms with Gasteiger partial charge in [-0.2, -0.15) is 0 Å². The molecule has 0 radical (unpaired) electrons. The molecule has 1 heterocycles. The van der Waals surface area contributed by atoms with Gasteiger partial charge in [0.1, 0.15) is 0 Å². The minimum absolute atomic E-state index is 0.00221. The number of aromatic amines is 1. The summed E-state index contributed by atoms with van der Waals surface area (Å²) in [5, 5.41) is 20.7. The van der Waals surface area contributed by atoms with Crippen molar-refractivity contribution in [1.29, 1.82) is 0 Å². The van der Waals surface area contributed by atoms with Crippen molar-refractivity contribution in [3.63, 3.8) is 0 Å². The second kappa shape index (κ2) is 5.98. The van der Waals surface area contributed by atoms with E-state index >= 15 is 0 Å². The molecule has 0 aliphatic rings. The first-order valence-corrected chi connectivity index (χ1v) is 8.42. The van der Waals surface area contributed by atoms with Gasteiger partial charge in [0.25, 0.3) is 0 Å². The number of hydrogen-bond acceptors (Lipinski definition) is 5. The quantitative estimate of drug-likeness (QED) is 0.557. The third kappa shape index (κ3) is 3.65. The molecule has 2 aromatic rings. The summed E-state index contributed by atoms with van der Waals surface area (Å²) in [6, 6.07) is 5.27. The van der Waals surface area contributed by atoms with E-state index in [4.69, 9.17) is 0 Å². The zero-order valence-electron chi connectivity index (χ0n) is 12.8. The van der Waals surface area contributed by atoms with E-state index < -0.39 is 15.9 Å². The van der Waals surface area contributed by atoms with Crippen molar-refractivity contribution < 1.29 is 18.6 Å². The Labute approximate surface area is 129 Å². The van der Waals surface area contributed by atoms with Gasteiger partial charge in [0.2, 0.25) is 15.9 Å². The van der Waals surface area contributed by atoms with E-state index in [1.807, 2.05) is 0 Å². The summed E-state index contributed by atoms with van der Waals surface area (Å²) in [5.41, 5.74) is 2.15.